The normalized spacial score (nSPS) is 18.5. The number of aromatic nitrogens is 1. The first-order valence-corrected chi connectivity index (χ1v) is 9.50. The molecule has 126 valence electrons. The van der Waals surface area contributed by atoms with Crippen molar-refractivity contribution >= 4 is 21.6 Å². The van der Waals surface area contributed by atoms with Crippen LogP contribution in [0.15, 0.2) is 24.3 Å². The van der Waals surface area contributed by atoms with Crippen molar-refractivity contribution in [1.29, 1.82) is 0 Å². The van der Waals surface area contributed by atoms with Gasteiger partial charge in [-0.2, -0.15) is 0 Å². The molecule has 0 spiro atoms. The van der Waals surface area contributed by atoms with Crippen molar-refractivity contribution in [2.24, 2.45) is 0 Å². The van der Waals surface area contributed by atoms with Crippen molar-refractivity contribution in [2.75, 3.05) is 26.2 Å². The highest BCUT2D eigenvalue weighted by Gasteiger charge is 2.16. The summed E-state index contributed by atoms with van der Waals surface area (Å²) in [4.78, 5) is 7.17. The molecule has 2 heterocycles. The van der Waals surface area contributed by atoms with Gasteiger partial charge in [-0.15, -0.1) is 11.3 Å². The summed E-state index contributed by atoms with van der Waals surface area (Å²) in [5.41, 5.74) is 1.12. The van der Waals surface area contributed by atoms with Crippen LogP contribution in [-0.4, -0.2) is 53.3 Å². The van der Waals surface area contributed by atoms with Crippen molar-refractivity contribution in [3.05, 3.63) is 29.3 Å². The lowest BCUT2D eigenvalue weighted by molar-refractivity contribution is 0.0820. The van der Waals surface area contributed by atoms with Gasteiger partial charge in [-0.3, -0.25) is 0 Å². The Kier molecular flexibility index (Phi) is 6.00. The average molecular weight is 334 g/mol. The number of thiazole rings is 1. The van der Waals surface area contributed by atoms with Crippen molar-refractivity contribution in [3.63, 3.8) is 0 Å². The lowest BCUT2D eigenvalue weighted by Gasteiger charge is -2.29. The van der Waals surface area contributed by atoms with E-state index in [0.717, 1.165) is 51.0 Å². The fourth-order valence-electron chi connectivity index (χ4n) is 3.14. The number of nitrogens with zero attached hydrogens (tertiary/aromatic N) is 2. The van der Waals surface area contributed by atoms with E-state index in [1.165, 1.54) is 16.1 Å². The number of rotatable bonds is 7. The topological polar surface area (TPSA) is 48.4 Å². The monoisotopic (exact) mass is 333 g/mol. The van der Waals surface area contributed by atoms with Crippen LogP contribution in [0.2, 0.25) is 0 Å². The molecule has 1 aromatic carbocycles. The maximum absolute atomic E-state index is 9.52. The molecule has 1 aromatic heterocycles. The van der Waals surface area contributed by atoms with E-state index < -0.39 is 0 Å². The van der Waals surface area contributed by atoms with Crippen LogP contribution in [0.4, 0.5) is 0 Å². The van der Waals surface area contributed by atoms with Crippen molar-refractivity contribution < 1.29 is 5.11 Å². The van der Waals surface area contributed by atoms with Gasteiger partial charge in [-0.25, -0.2) is 4.98 Å². The number of fused-ring (bicyclic) bond motifs is 1. The van der Waals surface area contributed by atoms with Gasteiger partial charge in [0.25, 0.3) is 0 Å². The summed E-state index contributed by atoms with van der Waals surface area (Å²) in [6.07, 6.45) is 3.96. The Labute approximate surface area is 142 Å². The van der Waals surface area contributed by atoms with Gasteiger partial charge in [0.1, 0.15) is 0 Å². The van der Waals surface area contributed by atoms with E-state index in [2.05, 4.69) is 35.3 Å². The predicted octanol–water partition coefficient (Wildman–Crippen LogP) is 2.66. The van der Waals surface area contributed by atoms with Gasteiger partial charge in [-0.1, -0.05) is 12.1 Å². The van der Waals surface area contributed by atoms with Gasteiger partial charge >= 0.3 is 0 Å². The van der Waals surface area contributed by atoms with Crippen LogP contribution in [0.3, 0.4) is 0 Å². The molecule has 1 aliphatic heterocycles. The number of para-hydroxylation sites is 1. The molecule has 1 saturated heterocycles. The smallest absolute Gasteiger partial charge is 0.0954 e. The van der Waals surface area contributed by atoms with E-state index in [0.29, 0.717) is 6.04 Å². The first-order chi connectivity index (χ1) is 11.2. The van der Waals surface area contributed by atoms with Crippen LogP contribution in [0.1, 0.15) is 31.2 Å². The molecule has 1 aliphatic rings. The Hall–Kier alpha value is -1.01. The molecule has 5 heteroatoms. The van der Waals surface area contributed by atoms with Gasteiger partial charge in [0.2, 0.25) is 0 Å². The zero-order valence-corrected chi connectivity index (χ0v) is 14.7. The minimum absolute atomic E-state index is 0.0711. The predicted molar refractivity (Wildman–Crippen MR) is 97.1 cm³/mol. The number of likely N-dealkylation sites (tertiary alicyclic amines) is 1. The molecular formula is C18H27N3OS. The molecule has 23 heavy (non-hydrogen) atoms. The second kappa shape index (κ2) is 8.20. The van der Waals surface area contributed by atoms with Gasteiger partial charge in [0, 0.05) is 25.6 Å². The molecule has 2 aromatic rings. The van der Waals surface area contributed by atoms with E-state index >= 15 is 0 Å². The highest BCUT2D eigenvalue weighted by Crippen LogP contribution is 2.22. The summed E-state index contributed by atoms with van der Waals surface area (Å²) >= 11 is 1.80. The molecule has 3 rings (SSSR count). The summed E-state index contributed by atoms with van der Waals surface area (Å²) in [6, 6.07) is 8.81. The first-order valence-electron chi connectivity index (χ1n) is 8.69. The van der Waals surface area contributed by atoms with Crippen molar-refractivity contribution in [2.45, 2.75) is 44.8 Å². The number of hydrogen-bond acceptors (Lipinski definition) is 5. The van der Waals surface area contributed by atoms with Crippen molar-refractivity contribution in [3.8, 4) is 0 Å². The standard InChI is InChI=1S/C18H27N3OS/c1-14(13-18-20-16-5-2-3-6-17(16)23-18)19-9-4-10-21-11-7-15(22)8-12-21/h2-3,5-6,14-15,19,22H,4,7-13H2,1H3. The number of benzene rings is 1. The van der Waals surface area contributed by atoms with Crippen LogP contribution < -0.4 is 5.32 Å². The van der Waals surface area contributed by atoms with Crippen LogP contribution in [0.5, 0.6) is 0 Å². The molecule has 0 radical (unpaired) electrons. The quantitative estimate of drug-likeness (QED) is 0.765. The van der Waals surface area contributed by atoms with Gasteiger partial charge < -0.3 is 15.3 Å². The maximum atomic E-state index is 9.52. The van der Waals surface area contributed by atoms with E-state index in [-0.39, 0.29) is 6.10 Å². The van der Waals surface area contributed by atoms with E-state index in [1.807, 2.05) is 6.07 Å². The van der Waals surface area contributed by atoms with Gasteiger partial charge in [0.15, 0.2) is 0 Å². The lowest BCUT2D eigenvalue weighted by Crippen LogP contribution is -2.38. The summed E-state index contributed by atoms with van der Waals surface area (Å²) in [5, 5.41) is 14.4. The molecule has 1 unspecified atom stereocenters. The first kappa shape index (κ1) is 16.8. The van der Waals surface area contributed by atoms with Gasteiger partial charge in [-0.05, 0) is 51.4 Å². The number of nitrogens with one attached hydrogen (secondary N) is 1. The molecule has 0 amide bonds. The van der Waals surface area contributed by atoms with Gasteiger partial charge in [0.05, 0.1) is 21.3 Å². The zero-order valence-electron chi connectivity index (χ0n) is 13.9. The van der Waals surface area contributed by atoms with E-state index in [4.69, 9.17) is 4.98 Å². The highest BCUT2D eigenvalue weighted by molar-refractivity contribution is 7.18. The summed E-state index contributed by atoms with van der Waals surface area (Å²) < 4.78 is 1.28. The minimum atomic E-state index is -0.0711. The Bertz CT molecular complexity index is 574. The average Bonchev–Trinajstić information content (AvgIpc) is 2.95. The van der Waals surface area contributed by atoms with Crippen LogP contribution in [0, 0.1) is 0 Å². The Morgan fingerprint density at radius 2 is 2.13 bits per heavy atom. The molecule has 2 N–H and O–H groups in total. The van der Waals surface area contributed by atoms with E-state index in [1.54, 1.807) is 11.3 Å². The Morgan fingerprint density at radius 3 is 2.91 bits per heavy atom. The van der Waals surface area contributed by atoms with Crippen molar-refractivity contribution in [1.82, 2.24) is 15.2 Å². The zero-order chi connectivity index (χ0) is 16.1. The highest BCUT2D eigenvalue weighted by atomic mass is 32.1. The number of hydrogen-bond donors (Lipinski definition) is 2. The molecule has 0 aliphatic carbocycles. The second-order valence-electron chi connectivity index (χ2n) is 6.56. The molecule has 0 saturated carbocycles. The fourth-order valence-corrected chi connectivity index (χ4v) is 4.23. The molecule has 0 bridgehead atoms. The third-order valence-corrected chi connectivity index (χ3v) is 5.58. The molecular weight excluding hydrogens is 306 g/mol. The molecule has 1 atom stereocenters. The third-order valence-electron chi connectivity index (χ3n) is 4.52. The Morgan fingerprint density at radius 1 is 1.35 bits per heavy atom. The van der Waals surface area contributed by atoms with Crippen LogP contribution in [0.25, 0.3) is 10.2 Å². The molecule has 4 nitrogen and oxygen atoms in total. The van der Waals surface area contributed by atoms with Crippen LogP contribution >= 0.6 is 11.3 Å². The SMILES string of the molecule is CC(Cc1nc2ccccc2s1)NCCCN1CCC(O)CC1. The fraction of sp³-hybridized carbons (Fsp3) is 0.611. The third kappa shape index (κ3) is 4.98. The summed E-state index contributed by atoms with van der Waals surface area (Å²) in [6.45, 7) is 6.51. The number of piperidine rings is 1. The molecule has 1 fully saturated rings. The Balaban J connectivity index is 1.35. The number of aliphatic hydroxyl groups is 1. The van der Waals surface area contributed by atoms with Crippen LogP contribution in [-0.2, 0) is 6.42 Å². The second-order valence-corrected chi connectivity index (χ2v) is 7.68. The minimum Gasteiger partial charge on any atom is -0.393 e. The maximum Gasteiger partial charge on any atom is 0.0954 e. The summed E-state index contributed by atoms with van der Waals surface area (Å²) in [5.74, 6) is 0. The van der Waals surface area contributed by atoms with E-state index in [9.17, 15) is 5.11 Å². The largest absolute Gasteiger partial charge is 0.393 e. The summed E-state index contributed by atoms with van der Waals surface area (Å²) in [7, 11) is 0. The number of aliphatic hydroxyl groups excluding tert-OH is 1. The lowest BCUT2D eigenvalue weighted by atomic mass is 10.1.